The predicted octanol–water partition coefficient (Wildman–Crippen LogP) is 3.97. The Balaban J connectivity index is 2.43. The van der Waals surface area contributed by atoms with E-state index in [1.807, 2.05) is 6.07 Å². The van der Waals surface area contributed by atoms with Crippen molar-refractivity contribution < 1.29 is 4.39 Å². The van der Waals surface area contributed by atoms with Gasteiger partial charge >= 0.3 is 0 Å². The summed E-state index contributed by atoms with van der Waals surface area (Å²) in [7, 11) is 0. The van der Waals surface area contributed by atoms with Crippen LogP contribution in [-0.4, -0.2) is 6.54 Å². The molecule has 1 aromatic rings. The molecule has 1 rings (SSSR count). The highest BCUT2D eigenvalue weighted by molar-refractivity contribution is 9.10. The molecule has 0 radical (unpaired) electrons. The summed E-state index contributed by atoms with van der Waals surface area (Å²) in [4.78, 5) is 0. The van der Waals surface area contributed by atoms with Crippen LogP contribution >= 0.6 is 15.9 Å². The van der Waals surface area contributed by atoms with Gasteiger partial charge in [-0.15, -0.1) is 0 Å². The van der Waals surface area contributed by atoms with E-state index in [4.69, 9.17) is 0 Å². The Hall–Kier alpha value is -0.410. The lowest BCUT2D eigenvalue weighted by molar-refractivity contribution is 0.392. The van der Waals surface area contributed by atoms with Gasteiger partial charge in [0, 0.05) is 11.0 Å². The monoisotopic (exact) mass is 287 g/mol. The molecule has 0 amide bonds. The SMILES string of the molecule is CC(C)C(C)CNCc1ccc(F)cc1Br. The molecule has 0 aliphatic rings. The van der Waals surface area contributed by atoms with Crippen LogP contribution in [0, 0.1) is 17.7 Å². The maximum absolute atomic E-state index is 12.9. The quantitative estimate of drug-likeness (QED) is 0.864. The molecule has 1 atom stereocenters. The first-order valence-electron chi connectivity index (χ1n) is 5.65. The van der Waals surface area contributed by atoms with Gasteiger partial charge in [-0.05, 0) is 36.1 Å². The fourth-order valence-electron chi connectivity index (χ4n) is 1.34. The van der Waals surface area contributed by atoms with Crippen LogP contribution in [0.1, 0.15) is 26.3 Å². The molecule has 0 aliphatic carbocycles. The summed E-state index contributed by atoms with van der Waals surface area (Å²) in [6, 6.07) is 4.81. The average Bonchev–Trinajstić information content (AvgIpc) is 2.20. The molecule has 1 nitrogen and oxygen atoms in total. The Morgan fingerprint density at radius 2 is 2.00 bits per heavy atom. The van der Waals surface area contributed by atoms with E-state index in [2.05, 4.69) is 42.0 Å². The minimum Gasteiger partial charge on any atom is -0.312 e. The van der Waals surface area contributed by atoms with Crippen molar-refractivity contribution in [1.29, 1.82) is 0 Å². The van der Waals surface area contributed by atoms with Crippen molar-refractivity contribution in [3.8, 4) is 0 Å². The topological polar surface area (TPSA) is 12.0 Å². The third-order valence-corrected chi connectivity index (χ3v) is 3.67. The van der Waals surface area contributed by atoms with E-state index in [0.29, 0.717) is 11.8 Å². The van der Waals surface area contributed by atoms with Crippen LogP contribution in [0.5, 0.6) is 0 Å². The first kappa shape index (κ1) is 13.7. The van der Waals surface area contributed by atoms with Gasteiger partial charge in [0.15, 0.2) is 0 Å². The van der Waals surface area contributed by atoms with Gasteiger partial charge < -0.3 is 5.32 Å². The van der Waals surface area contributed by atoms with Gasteiger partial charge in [0.25, 0.3) is 0 Å². The lowest BCUT2D eigenvalue weighted by Gasteiger charge is -2.16. The van der Waals surface area contributed by atoms with Gasteiger partial charge in [-0.1, -0.05) is 42.8 Å². The Bertz CT molecular complexity index is 339. The number of halogens is 2. The van der Waals surface area contributed by atoms with Crippen molar-refractivity contribution in [2.45, 2.75) is 27.3 Å². The van der Waals surface area contributed by atoms with Crippen molar-refractivity contribution >= 4 is 15.9 Å². The number of benzene rings is 1. The predicted molar refractivity (Wildman–Crippen MR) is 69.8 cm³/mol. The maximum Gasteiger partial charge on any atom is 0.124 e. The van der Waals surface area contributed by atoms with E-state index in [1.54, 1.807) is 0 Å². The minimum absolute atomic E-state index is 0.203. The normalized spacial score (nSPS) is 13.1. The summed E-state index contributed by atoms with van der Waals surface area (Å²) in [5, 5.41) is 3.39. The molecule has 0 fully saturated rings. The van der Waals surface area contributed by atoms with E-state index in [-0.39, 0.29) is 5.82 Å². The van der Waals surface area contributed by atoms with Crippen LogP contribution in [0.25, 0.3) is 0 Å². The van der Waals surface area contributed by atoms with E-state index in [9.17, 15) is 4.39 Å². The fourth-order valence-corrected chi connectivity index (χ4v) is 1.83. The maximum atomic E-state index is 12.9. The largest absolute Gasteiger partial charge is 0.312 e. The zero-order valence-electron chi connectivity index (χ0n) is 10.1. The second kappa shape index (κ2) is 6.36. The Morgan fingerprint density at radius 1 is 1.31 bits per heavy atom. The third-order valence-electron chi connectivity index (χ3n) is 2.93. The second-order valence-electron chi connectivity index (χ2n) is 4.59. The summed E-state index contributed by atoms with van der Waals surface area (Å²) in [6.45, 7) is 8.44. The molecular formula is C13H19BrFN. The minimum atomic E-state index is -0.203. The van der Waals surface area contributed by atoms with E-state index >= 15 is 0 Å². The van der Waals surface area contributed by atoms with Gasteiger partial charge in [0.05, 0.1) is 0 Å². The van der Waals surface area contributed by atoms with Crippen LogP contribution in [0.4, 0.5) is 4.39 Å². The van der Waals surface area contributed by atoms with Crippen molar-refractivity contribution in [2.75, 3.05) is 6.54 Å². The lowest BCUT2D eigenvalue weighted by atomic mass is 9.98. The Kier molecular flexibility index (Phi) is 5.42. The molecule has 16 heavy (non-hydrogen) atoms. The third kappa shape index (κ3) is 4.22. The molecule has 0 heterocycles. The molecule has 0 aliphatic heterocycles. The fraction of sp³-hybridized carbons (Fsp3) is 0.538. The standard InChI is InChI=1S/C13H19BrFN/c1-9(2)10(3)7-16-8-11-4-5-12(15)6-13(11)14/h4-6,9-10,16H,7-8H2,1-3H3. The van der Waals surface area contributed by atoms with Crippen LogP contribution in [0.3, 0.4) is 0 Å². The zero-order chi connectivity index (χ0) is 12.1. The summed E-state index contributed by atoms with van der Waals surface area (Å²) >= 11 is 3.36. The van der Waals surface area contributed by atoms with Crippen molar-refractivity contribution in [1.82, 2.24) is 5.32 Å². The molecule has 0 saturated carbocycles. The average molecular weight is 288 g/mol. The van der Waals surface area contributed by atoms with Gasteiger partial charge in [-0.25, -0.2) is 4.39 Å². The van der Waals surface area contributed by atoms with E-state index in [1.165, 1.54) is 12.1 Å². The van der Waals surface area contributed by atoms with Crippen LogP contribution < -0.4 is 5.32 Å². The smallest absolute Gasteiger partial charge is 0.124 e. The summed E-state index contributed by atoms with van der Waals surface area (Å²) in [5.41, 5.74) is 1.09. The van der Waals surface area contributed by atoms with Gasteiger partial charge in [-0.2, -0.15) is 0 Å². The van der Waals surface area contributed by atoms with E-state index in [0.717, 1.165) is 23.1 Å². The molecule has 3 heteroatoms. The van der Waals surface area contributed by atoms with Crippen LogP contribution in [0.2, 0.25) is 0 Å². The van der Waals surface area contributed by atoms with Crippen molar-refractivity contribution in [2.24, 2.45) is 11.8 Å². The number of hydrogen-bond donors (Lipinski definition) is 1. The zero-order valence-corrected chi connectivity index (χ0v) is 11.6. The summed E-state index contributed by atoms with van der Waals surface area (Å²) in [5.74, 6) is 1.13. The number of nitrogens with one attached hydrogen (secondary N) is 1. The number of hydrogen-bond acceptors (Lipinski definition) is 1. The lowest BCUT2D eigenvalue weighted by Crippen LogP contribution is -2.23. The van der Waals surface area contributed by atoms with E-state index < -0.39 is 0 Å². The Labute approximate surface area is 106 Å². The number of rotatable bonds is 5. The highest BCUT2D eigenvalue weighted by Crippen LogP contribution is 2.18. The molecule has 0 bridgehead atoms. The first-order chi connectivity index (χ1) is 7.50. The highest BCUT2D eigenvalue weighted by Gasteiger charge is 2.07. The first-order valence-corrected chi connectivity index (χ1v) is 6.44. The molecule has 1 N–H and O–H groups in total. The summed E-state index contributed by atoms with van der Waals surface area (Å²) in [6.07, 6.45) is 0. The van der Waals surface area contributed by atoms with Gasteiger partial charge in [-0.3, -0.25) is 0 Å². The molecule has 0 saturated heterocycles. The molecule has 1 aromatic carbocycles. The summed E-state index contributed by atoms with van der Waals surface area (Å²) < 4.78 is 13.7. The molecular weight excluding hydrogens is 269 g/mol. The second-order valence-corrected chi connectivity index (χ2v) is 5.44. The van der Waals surface area contributed by atoms with Crippen molar-refractivity contribution in [3.05, 3.63) is 34.1 Å². The van der Waals surface area contributed by atoms with Crippen molar-refractivity contribution in [3.63, 3.8) is 0 Å². The van der Waals surface area contributed by atoms with Gasteiger partial charge in [0.2, 0.25) is 0 Å². The highest BCUT2D eigenvalue weighted by atomic mass is 79.9. The van der Waals surface area contributed by atoms with Crippen LogP contribution in [-0.2, 0) is 6.54 Å². The molecule has 90 valence electrons. The molecule has 0 aromatic heterocycles. The van der Waals surface area contributed by atoms with Gasteiger partial charge in [0.1, 0.15) is 5.82 Å². The molecule has 1 unspecified atom stereocenters. The van der Waals surface area contributed by atoms with Crippen LogP contribution in [0.15, 0.2) is 22.7 Å². The Morgan fingerprint density at radius 3 is 2.56 bits per heavy atom. The molecule has 0 spiro atoms.